The second-order valence-electron chi connectivity index (χ2n) is 6.41. The normalized spacial score (nSPS) is 15.3. The van der Waals surface area contributed by atoms with Crippen molar-refractivity contribution >= 4 is 23.1 Å². The summed E-state index contributed by atoms with van der Waals surface area (Å²) < 4.78 is 0.920. The molecule has 0 N–H and O–H groups in total. The van der Waals surface area contributed by atoms with Crippen LogP contribution >= 0.6 is 11.8 Å². The van der Waals surface area contributed by atoms with Crippen LogP contribution in [0.4, 0.5) is 11.4 Å². The van der Waals surface area contributed by atoms with Crippen molar-refractivity contribution in [3.63, 3.8) is 0 Å². The molecule has 1 unspecified atom stereocenters. The van der Waals surface area contributed by atoms with Crippen molar-refractivity contribution in [2.75, 3.05) is 26.0 Å². The highest BCUT2D eigenvalue weighted by Crippen LogP contribution is 2.49. The molecule has 1 heterocycles. The number of benzene rings is 2. The van der Waals surface area contributed by atoms with Gasteiger partial charge in [-0.2, -0.15) is 0 Å². The van der Waals surface area contributed by atoms with Gasteiger partial charge in [0.15, 0.2) is 6.17 Å². The van der Waals surface area contributed by atoms with Gasteiger partial charge in [0.05, 0.1) is 32.5 Å². The van der Waals surface area contributed by atoms with Gasteiger partial charge in [-0.05, 0) is 24.3 Å². The lowest BCUT2D eigenvalue weighted by atomic mass is 10.1. The molecule has 0 spiro atoms. The summed E-state index contributed by atoms with van der Waals surface area (Å²) in [5.41, 5.74) is 2.67. The Morgan fingerprint density at radius 2 is 1.38 bits per heavy atom. The van der Waals surface area contributed by atoms with Crippen molar-refractivity contribution in [1.29, 1.82) is 0 Å². The van der Waals surface area contributed by atoms with E-state index in [1.54, 1.807) is 0 Å². The van der Waals surface area contributed by atoms with E-state index in [0.717, 1.165) is 10.9 Å². The molecule has 1 aliphatic rings. The van der Waals surface area contributed by atoms with Crippen molar-refractivity contribution in [2.45, 2.75) is 29.3 Å². The van der Waals surface area contributed by atoms with Crippen LogP contribution in [0.5, 0.6) is 0 Å². The number of nitrogens with zero attached hydrogens (tertiary/aromatic N) is 2. The Hall–Kier alpha value is -1.45. The molecular weight excluding hydrogens is 276 g/mol. The molecule has 2 aromatic rings. The number of rotatable bonds is 3. The summed E-state index contributed by atoms with van der Waals surface area (Å²) in [5.74, 6) is 0. The molecule has 0 saturated heterocycles. The first-order valence-electron chi connectivity index (χ1n) is 7.48. The minimum Gasteiger partial charge on any atom is -0.311 e. The summed E-state index contributed by atoms with van der Waals surface area (Å²) in [6.45, 7) is 2.28. The molecule has 21 heavy (non-hydrogen) atoms. The van der Waals surface area contributed by atoms with Gasteiger partial charge in [-0.1, -0.05) is 43.0 Å². The van der Waals surface area contributed by atoms with Crippen molar-refractivity contribution in [3.05, 3.63) is 48.5 Å². The molecular formula is C18H23N2S+. The van der Waals surface area contributed by atoms with Crippen molar-refractivity contribution < 1.29 is 4.48 Å². The molecule has 2 aromatic carbocycles. The Kier molecular flexibility index (Phi) is 3.72. The van der Waals surface area contributed by atoms with Gasteiger partial charge in [-0.15, -0.1) is 0 Å². The highest BCUT2D eigenvalue weighted by Gasteiger charge is 2.35. The van der Waals surface area contributed by atoms with Crippen molar-refractivity contribution in [2.24, 2.45) is 0 Å². The topological polar surface area (TPSA) is 3.24 Å². The van der Waals surface area contributed by atoms with Crippen LogP contribution in [0.15, 0.2) is 58.3 Å². The maximum atomic E-state index is 2.53. The number of hydrogen-bond donors (Lipinski definition) is 0. The zero-order valence-corrected chi connectivity index (χ0v) is 14.0. The average molecular weight is 299 g/mol. The molecule has 3 heteroatoms. The minimum absolute atomic E-state index is 0.424. The number of hydrogen-bond acceptors (Lipinski definition) is 2. The van der Waals surface area contributed by atoms with Crippen LogP contribution in [0, 0.1) is 0 Å². The fourth-order valence-corrected chi connectivity index (χ4v) is 4.20. The quantitative estimate of drug-likeness (QED) is 0.754. The maximum Gasteiger partial charge on any atom is 0.168 e. The second-order valence-corrected chi connectivity index (χ2v) is 7.50. The van der Waals surface area contributed by atoms with E-state index in [0.29, 0.717) is 6.17 Å². The molecule has 1 atom stereocenters. The summed E-state index contributed by atoms with van der Waals surface area (Å²) in [6, 6.07) is 17.5. The van der Waals surface area contributed by atoms with E-state index in [2.05, 4.69) is 81.5 Å². The number of quaternary nitrogens is 1. The monoisotopic (exact) mass is 299 g/mol. The Balaban J connectivity index is 2.19. The molecule has 0 radical (unpaired) electrons. The Morgan fingerprint density at radius 1 is 0.905 bits per heavy atom. The Morgan fingerprint density at radius 3 is 1.81 bits per heavy atom. The predicted octanol–water partition coefficient (Wildman–Crippen LogP) is 4.73. The van der Waals surface area contributed by atoms with Gasteiger partial charge >= 0.3 is 0 Å². The highest BCUT2D eigenvalue weighted by molar-refractivity contribution is 7.99. The first-order valence-corrected chi connectivity index (χ1v) is 8.30. The molecule has 0 bridgehead atoms. The van der Waals surface area contributed by atoms with Gasteiger partial charge in [-0.3, -0.25) is 4.90 Å². The predicted molar refractivity (Wildman–Crippen MR) is 91.3 cm³/mol. The van der Waals surface area contributed by atoms with E-state index in [1.807, 2.05) is 11.8 Å². The summed E-state index contributed by atoms with van der Waals surface area (Å²) in [6.07, 6.45) is 1.53. The zero-order chi connectivity index (χ0) is 15.0. The summed E-state index contributed by atoms with van der Waals surface area (Å²) in [7, 11) is 6.84. The highest BCUT2D eigenvalue weighted by atomic mass is 32.2. The third-order valence-corrected chi connectivity index (χ3v) is 5.16. The molecule has 0 amide bonds. The van der Waals surface area contributed by atoms with E-state index < -0.39 is 0 Å². The SMILES string of the molecule is CCC(N1c2ccccc2Sc2ccccc21)[N+](C)(C)C. The van der Waals surface area contributed by atoms with Crippen molar-refractivity contribution in [3.8, 4) is 0 Å². The third kappa shape index (κ3) is 2.56. The zero-order valence-electron chi connectivity index (χ0n) is 13.2. The second kappa shape index (κ2) is 5.39. The molecule has 1 aliphatic heterocycles. The molecule has 3 rings (SSSR count). The Labute approximate surface area is 132 Å². The minimum atomic E-state index is 0.424. The van der Waals surface area contributed by atoms with E-state index in [1.165, 1.54) is 21.2 Å². The molecule has 0 fully saturated rings. The van der Waals surface area contributed by atoms with Crippen LogP contribution in [-0.4, -0.2) is 31.8 Å². The summed E-state index contributed by atoms with van der Waals surface area (Å²) >= 11 is 1.88. The number of fused-ring (bicyclic) bond motifs is 2. The smallest absolute Gasteiger partial charge is 0.168 e. The molecule has 0 aliphatic carbocycles. The lowest BCUT2D eigenvalue weighted by Gasteiger charge is -2.44. The standard InChI is InChI=1S/C18H23N2S/c1-5-18(20(2,3)4)19-14-10-6-8-12-16(14)21-17-13-9-7-11-15(17)19/h6-13,18H,5H2,1-4H3/q+1. The Bertz CT molecular complexity index is 600. The van der Waals surface area contributed by atoms with Gasteiger partial charge in [0.1, 0.15) is 0 Å². The largest absolute Gasteiger partial charge is 0.311 e. The van der Waals surface area contributed by atoms with E-state index in [-0.39, 0.29) is 0 Å². The number of para-hydroxylation sites is 2. The summed E-state index contributed by atoms with van der Waals surface area (Å²) in [4.78, 5) is 5.23. The van der Waals surface area contributed by atoms with E-state index in [4.69, 9.17) is 0 Å². The third-order valence-electron chi connectivity index (χ3n) is 4.03. The van der Waals surface area contributed by atoms with Gasteiger partial charge in [0.2, 0.25) is 0 Å². The first-order chi connectivity index (χ1) is 10.0. The van der Waals surface area contributed by atoms with Crippen LogP contribution in [0.1, 0.15) is 13.3 Å². The van der Waals surface area contributed by atoms with Crippen LogP contribution in [0.2, 0.25) is 0 Å². The van der Waals surface area contributed by atoms with E-state index >= 15 is 0 Å². The fraction of sp³-hybridized carbons (Fsp3) is 0.333. The fourth-order valence-electron chi connectivity index (χ4n) is 3.13. The first kappa shape index (κ1) is 14.5. The number of anilines is 2. The van der Waals surface area contributed by atoms with Gasteiger partial charge in [0.25, 0.3) is 0 Å². The van der Waals surface area contributed by atoms with Crippen LogP contribution in [0.3, 0.4) is 0 Å². The van der Waals surface area contributed by atoms with Crippen LogP contribution in [-0.2, 0) is 0 Å². The molecule has 0 aromatic heterocycles. The van der Waals surface area contributed by atoms with Crippen LogP contribution in [0.25, 0.3) is 0 Å². The molecule has 2 nitrogen and oxygen atoms in total. The van der Waals surface area contributed by atoms with Gasteiger partial charge < -0.3 is 4.48 Å². The average Bonchev–Trinajstić information content (AvgIpc) is 2.46. The van der Waals surface area contributed by atoms with Gasteiger partial charge in [0, 0.05) is 16.2 Å². The maximum absolute atomic E-state index is 2.53. The van der Waals surface area contributed by atoms with E-state index in [9.17, 15) is 0 Å². The summed E-state index contributed by atoms with van der Waals surface area (Å²) in [5, 5.41) is 0. The molecule has 110 valence electrons. The lowest BCUT2D eigenvalue weighted by Crippen LogP contribution is -2.54. The van der Waals surface area contributed by atoms with Crippen LogP contribution < -0.4 is 4.90 Å². The lowest BCUT2D eigenvalue weighted by molar-refractivity contribution is -0.895. The van der Waals surface area contributed by atoms with Crippen molar-refractivity contribution in [1.82, 2.24) is 0 Å². The van der Waals surface area contributed by atoms with Gasteiger partial charge in [-0.25, -0.2) is 0 Å². The molecule has 0 saturated carbocycles.